The molecule has 1 amide bonds. The smallest absolute Gasteiger partial charge is 0.329 e. The van der Waals surface area contributed by atoms with Gasteiger partial charge in [-0.1, -0.05) is 19.3 Å². The number of sulfone groups is 1. The van der Waals surface area contributed by atoms with E-state index >= 15 is 0 Å². The van der Waals surface area contributed by atoms with Crippen LogP contribution in [0, 0.1) is 0 Å². The molecule has 1 aliphatic rings. The zero-order valence-electron chi connectivity index (χ0n) is 14.9. The minimum atomic E-state index is -3.40. The van der Waals surface area contributed by atoms with Gasteiger partial charge in [0.25, 0.3) is 5.91 Å². The Balaban J connectivity index is 2.29. The van der Waals surface area contributed by atoms with Crippen LogP contribution < -0.4 is 0 Å². The van der Waals surface area contributed by atoms with Gasteiger partial charge < -0.3 is 10.0 Å². The molecule has 7 heteroatoms. The highest BCUT2D eigenvalue weighted by molar-refractivity contribution is 7.92. The highest BCUT2D eigenvalue weighted by Crippen LogP contribution is 2.34. The van der Waals surface area contributed by atoms with E-state index in [1.165, 1.54) is 36.2 Å². The van der Waals surface area contributed by atoms with Crippen molar-refractivity contribution in [2.24, 2.45) is 0 Å². The first-order valence-corrected chi connectivity index (χ1v) is 10.0. The zero-order chi connectivity index (χ0) is 18.8. The van der Waals surface area contributed by atoms with Gasteiger partial charge in [0.1, 0.15) is 5.54 Å². The molecule has 0 unspecified atom stereocenters. The van der Waals surface area contributed by atoms with Crippen LogP contribution in [0.25, 0.3) is 0 Å². The summed E-state index contributed by atoms with van der Waals surface area (Å²) in [6, 6.07) is 5.72. The SMILES string of the molecule is CC(C)S(=O)(=O)c1ccc(C(=O)N(C)C2(C(=O)O)CCCCC2)cc1. The maximum Gasteiger partial charge on any atom is 0.329 e. The van der Waals surface area contributed by atoms with Gasteiger partial charge in [0.15, 0.2) is 9.84 Å². The number of hydrogen-bond donors (Lipinski definition) is 1. The summed E-state index contributed by atoms with van der Waals surface area (Å²) < 4.78 is 24.3. The van der Waals surface area contributed by atoms with Crippen molar-refractivity contribution >= 4 is 21.7 Å². The van der Waals surface area contributed by atoms with Crippen LogP contribution in [0.1, 0.15) is 56.3 Å². The third-order valence-corrected chi connectivity index (χ3v) is 7.25. The molecule has 0 heterocycles. The summed E-state index contributed by atoms with van der Waals surface area (Å²) in [5.41, 5.74) is -0.894. The Morgan fingerprint density at radius 2 is 1.60 bits per heavy atom. The molecule has 0 spiro atoms. The average molecular weight is 367 g/mol. The Morgan fingerprint density at radius 1 is 1.08 bits per heavy atom. The lowest BCUT2D eigenvalue weighted by molar-refractivity contribution is -0.151. The minimum Gasteiger partial charge on any atom is -0.479 e. The molecule has 1 fully saturated rings. The van der Waals surface area contributed by atoms with E-state index in [0.717, 1.165) is 19.3 Å². The van der Waals surface area contributed by atoms with Gasteiger partial charge in [-0.15, -0.1) is 0 Å². The van der Waals surface area contributed by atoms with Gasteiger partial charge in [0.05, 0.1) is 10.1 Å². The summed E-state index contributed by atoms with van der Waals surface area (Å²) in [4.78, 5) is 26.1. The first kappa shape index (κ1) is 19.4. The molecule has 0 bridgehead atoms. The number of carbonyl (C=O) groups is 2. The molecular formula is C18H25NO5S. The molecule has 2 rings (SSSR count). The molecule has 1 saturated carbocycles. The highest BCUT2D eigenvalue weighted by Gasteiger charge is 2.45. The van der Waals surface area contributed by atoms with Crippen molar-refractivity contribution in [2.45, 2.75) is 61.6 Å². The normalized spacial score (nSPS) is 17.3. The van der Waals surface area contributed by atoms with Crippen LogP contribution >= 0.6 is 0 Å². The monoisotopic (exact) mass is 367 g/mol. The maximum atomic E-state index is 12.8. The van der Waals surface area contributed by atoms with E-state index in [9.17, 15) is 23.1 Å². The minimum absolute atomic E-state index is 0.160. The molecule has 0 radical (unpaired) electrons. The van der Waals surface area contributed by atoms with Crippen molar-refractivity contribution in [1.82, 2.24) is 4.90 Å². The fourth-order valence-corrected chi connectivity index (χ4v) is 4.34. The third kappa shape index (κ3) is 3.56. The lowest BCUT2D eigenvalue weighted by atomic mass is 9.80. The molecule has 0 saturated heterocycles. The number of benzene rings is 1. The Morgan fingerprint density at radius 3 is 2.04 bits per heavy atom. The van der Waals surface area contributed by atoms with E-state index in [4.69, 9.17) is 0 Å². The summed E-state index contributed by atoms with van der Waals surface area (Å²) in [6.45, 7) is 3.20. The van der Waals surface area contributed by atoms with Crippen molar-refractivity contribution in [1.29, 1.82) is 0 Å². The van der Waals surface area contributed by atoms with Crippen molar-refractivity contribution < 1.29 is 23.1 Å². The number of likely N-dealkylation sites (N-methyl/N-ethyl adjacent to an activating group) is 1. The van der Waals surface area contributed by atoms with Gasteiger partial charge in [0, 0.05) is 12.6 Å². The van der Waals surface area contributed by atoms with Gasteiger partial charge in [-0.2, -0.15) is 0 Å². The van der Waals surface area contributed by atoms with E-state index in [1.807, 2.05) is 0 Å². The van der Waals surface area contributed by atoms with E-state index in [2.05, 4.69) is 0 Å². The number of amides is 1. The summed E-state index contributed by atoms with van der Waals surface area (Å²) in [7, 11) is -1.89. The Bertz CT molecular complexity index is 746. The van der Waals surface area contributed by atoms with Crippen molar-refractivity contribution in [3.63, 3.8) is 0 Å². The van der Waals surface area contributed by atoms with Gasteiger partial charge in [-0.3, -0.25) is 4.79 Å². The molecule has 0 atom stereocenters. The second-order valence-electron chi connectivity index (χ2n) is 6.88. The first-order valence-electron chi connectivity index (χ1n) is 8.48. The number of rotatable bonds is 5. The molecule has 6 nitrogen and oxygen atoms in total. The molecule has 1 N–H and O–H groups in total. The number of carboxylic acid groups (broad SMARTS) is 1. The Kier molecular flexibility index (Phi) is 5.56. The summed E-state index contributed by atoms with van der Waals surface area (Å²) in [6.07, 6.45) is 3.39. The second-order valence-corrected chi connectivity index (χ2v) is 9.38. The van der Waals surface area contributed by atoms with Crippen molar-refractivity contribution in [2.75, 3.05) is 7.05 Å². The summed E-state index contributed by atoms with van der Waals surface area (Å²) in [5.74, 6) is -1.39. The molecule has 25 heavy (non-hydrogen) atoms. The van der Waals surface area contributed by atoms with Crippen LogP contribution in [0.5, 0.6) is 0 Å². The predicted octanol–water partition coefficient (Wildman–Crippen LogP) is 2.73. The molecule has 1 aromatic carbocycles. The fourth-order valence-electron chi connectivity index (χ4n) is 3.28. The topological polar surface area (TPSA) is 91.8 Å². The predicted molar refractivity (Wildman–Crippen MR) is 94.3 cm³/mol. The van der Waals surface area contributed by atoms with Gasteiger partial charge in [-0.05, 0) is 51.0 Å². The van der Waals surface area contributed by atoms with Crippen LogP contribution in [0.2, 0.25) is 0 Å². The lowest BCUT2D eigenvalue weighted by Gasteiger charge is -2.41. The van der Waals surface area contributed by atoms with Gasteiger partial charge in [-0.25, -0.2) is 13.2 Å². The van der Waals surface area contributed by atoms with Crippen molar-refractivity contribution in [3.8, 4) is 0 Å². The Labute approximate surface area is 148 Å². The quantitative estimate of drug-likeness (QED) is 0.864. The zero-order valence-corrected chi connectivity index (χ0v) is 15.7. The van der Waals surface area contributed by atoms with Crippen LogP contribution in [0.3, 0.4) is 0 Å². The van der Waals surface area contributed by atoms with E-state index in [1.54, 1.807) is 13.8 Å². The Hall–Kier alpha value is -1.89. The lowest BCUT2D eigenvalue weighted by Crippen LogP contribution is -2.56. The molecule has 1 aliphatic carbocycles. The summed E-state index contributed by atoms with van der Waals surface area (Å²) >= 11 is 0. The largest absolute Gasteiger partial charge is 0.479 e. The molecule has 0 aromatic heterocycles. The fraction of sp³-hybridized carbons (Fsp3) is 0.556. The van der Waals surface area contributed by atoms with Crippen molar-refractivity contribution in [3.05, 3.63) is 29.8 Å². The van der Waals surface area contributed by atoms with Gasteiger partial charge in [0.2, 0.25) is 0 Å². The summed E-state index contributed by atoms with van der Waals surface area (Å²) in [5, 5.41) is 9.15. The maximum absolute atomic E-state index is 12.8. The van der Waals surface area contributed by atoms with Crippen LogP contribution in [-0.2, 0) is 14.6 Å². The van der Waals surface area contributed by atoms with Crippen LogP contribution in [0.4, 0.5) is 0 Å². The molecular weight excluding hydrogens is 342 g/mol. The van der Waals surface area contributed by atoms with Crippen LogP contribution in [0.15, 0.2) is 29.2 Å². The number of aliphatic carboxylic acids is 1. The number of carbonyl (C=O) groups excluding carboxylic acids is 1. The van der Waals surface area contributed by atoms with Gasteiger partial charge >= 0.3 is 5.97 Å². The molecule has 138 valence electrons. The standard InChI is InChI=1S/C18H25NO5S/c1-13(2)25(23,24)15-9-7-14(8-10-15)16(20)19(3)18(17(21)22)11-5-4-6-12-18/h7-10,13H,4-6,11-12H2,1-3H3,(H,21,22). The molecule has 0 aliphatic heterocycles. The van der Waals surface area contributed by atoms with E-state index in [-0.39, 0.29) is 10.5 Å². The third-order valence-electron chi connectivity index (χ3n) is 5.08. The van der Waals surface area contributed by atoms with E-state index in [0.29, 0.717) is 12.8 Å². The highest BCUT2D eigenvalue weighted by atomic mass is 32.2. The second kappa shape index (κ2) is 7.15. The molecule has 1 aromatic rings. The van der Waals surface area contributed by atoms with Crippen LogP contribution in [-0.4, -0.2) is 48.1 Å². The number of nitrogens with zero attached hydrogens (tertiary/aromatic N) is 1. The first-order chi connectivity index (χ1) is 11.6. The van der Waals surface area contributed by atoms with E-state index < -0.39 is 32.5 Å². The number of carboxylic acids is 1. The average Bonchev–Trinajstić information content (AvgIpc) is 2.60. The number of hydrogen-bond acceptors (Lipinski definition) is 4.